The van der Waals surface area contributed by atoms with Gasteiger partial charge in [-0.15, -0.1) is 0 Å². The quantitative estimate of drug-likeness (QED) is 0.690. The second kappa shape index (κ2) is 5.92. The molecule has 2 saturated heterocycles. The van der Waals surface area contributed by atoms with E-state index in [0.29, 0.717) is 0 Å². The SMILES string of the molecule is CCC1(CN2CCN(CC3CN(SC)C3)CC2)CC1. The summed E-state index contributed by atoms with van der Waals surface area (Å²) in [5.41, 5.74) is 0.731. The van der Waals surface area contributed by atoms with Gasteiger partial charge in [-0.3, -0.25) is 4.31 Å². The van der Waals surface area contributed by atoms with E-state index in [4.69, 9.17) is 0 Å². The van der Waals surface area contributed by atoms with Gasteiger partial charge >= 0.3 is 0 Å². The summed E-state index contributed by atoms with van der Waals surface area (Å²) in [6.45, 7) is 12.9. The molecule has 2 aliphatic heterocycles. The Balaban J connectivity index is 1.33. The molecule has 0 radical (unpaired) electrons. The van der Waals surface area contributed by atoms with E-state index in [1.54, 1.807) is 0 Å². The summed E-state index contributed by atoms with van der Waals surface area (Å²) in [6.07, 6.45) is 6.54. The Bertz CT molecular complexity index is 292. The van der Waals surface area contributed by atoms with Crippen molar-refractivity contribution in [1.82, 2.24) is 14.1 Å². The van der Waals surface area contributed by atoms with Gasteiger partial charge in [0.25, 0.3) is 0 Å². The Morgan fingerprint density at radius 1 is 1.05 bits per heavy atom. The molecule has 0 spiro atoms. The minimum absolute atomic E-state index is 0.731. The molecule has 3 aliphatic rings. The second-order valence-corrected chi connectivity index (χ2v) is 7.71. The van der Waals surface area contributed by atoms with Crippen LogP contribution in [0.1, 0.15) is 26.2 Å². The van der Waals surface area contributed by atoms with E-state index in [9.17, 15) is 0 Å². The molecular weight excluding hydrogens is 254 g/mol. The van der Waals surface area contributed by atoms with Gasteiger partial charge in [-0.2, -0.15) is 0 Å². The Hall–Kier alpha value is 0.230. The van der Waals surface area contributed by atoms with Crippen molar-refractivity contribution in [3.05, 3.63) is 0 Å². The molecule has 1 aliphatic carbocycles. The average Bonchev–Trinajstić information content (AvgIpc) is 3.16. The minimum Gasteiger partial charge on any atom is -0.300 e. The molecule has 110 valence electrons. The van der Waals surface area contributed by atoms with Crippen LogP contribution in [0.25, 0.3) is 0 Å². The largest absolute Gasteiger partial charge is 0.300 e. The highest BCUT2D eigenvalue weighted by Crippen LogP contribution is 2.49. The van der Waals surface area contributed by atoms with Gasteiger partial charge in [0.1, 0.15) is 0 Å². The monoisotopic (exact) mass is 283 g/mol. The van der Waals surface area contributed by atoms with Crippen LogP contribution in [-0.4, -0.2) is 72.7 Å². The summed E-state index contributed by atoms with van der Waals surface area (Å²) in [6, 6.07) is 0. The molecule has 3 nitrogen and oxygen atoms in total. The molecule has 0 atom stereocenters. The fourth-order valence-corrected chi connectivity index (χ4v) is 4.28. The predicted octanol–water partition coefficient (Wildman–Crippen LogP) is 2.00. The lowest BCUT2D eigenvalue weighted by molar-refractivity contribution is 0.0776. The zero-order valence-electron chi connectivity index (χ0n) is 12.6. The maximum absolute atomic E-state index is 2.72. The lowest BCUT2D eigenvalue weighted by atomic mass is 10.0. The van der Waals surface area contributed by atoms with Crippen molar-refractivity contribution < 1.29 is 0 Å². The van der Waals surface area contributed by atoms with Gasteiger partial charge in [-0.05, 0) is 36.9 Å². The fraction of sp³-hybridized carbons (Fsp3) is 1.00. The van der Waals surface area contributed by atoms with Gasteiger partial charge in [0, 0.05) is 52.4 Å². The summed E-state index contributed by atoms with van der Waals surface area (Å²) < 4.78 is 2.47. The molecule has 0 unspecified atom stereocenters. The van der Waals surface area contributed by atoms with Gasteiger partial charge < -0.3 is 9.80 Å². The van der Waals surface area contributed by atoms with E-state index in [-0.39, 0.29) is 0 Å². The van der Waals surface area contributed by atoms with Crippen molar-refractivity contribution in [1.29, 1.82) is 0 Å². The molecule has 0 amide bonds. The van der Waals surface area contributed by atoms with E-state index in [0.717, 1.165) is 11.3 Å². The number of hydrogen-bond donors (Lipinski definition) is 0. The van der Waals surface area contributed by atoms with Crippen LogP contribution in [0.3, 0.4) is 0 Å². The Morgan fingerprint density at radius 3 is 2.21 bits per heavy atom. The van der Waals surface area contributed by atoms with Crippen molar-refractivity contribution in [2.24, 2.45) is 11.3 Å². The van der Waals surface area contributed by atoms with E-state index in [1.165, 1.54) is 71.6 Å². The van der Waals surface area contributed by atoms with Gasteiger partial charge in [0.05, 0.1) is 0 Å². The van der Waals surface area contributed by atoms with Gasteiger partial charge in [-0.1, -0.05) is 18.9 Å². The predicted molar refractivity (Wildman–Crippen MR) is 83.4 cm³/mol. The highest BCUT2D eigenvalue weighted by Gasteiger charge is 2.42. The van der Waals surface area contributed by atoms with Gasteiger partial charge in [0.2, 0.25) is 0 Å². The van der Waals surface area contributed by atoms with Crippen LogP contribution in [-0.2, 0) is 0 Å². The summed E-state index contributed by atoms with van der Waals surface area (Å²) in [4.78, 5) is 5.42. The molecule has 0 N–H and O–H groups in total. The van der Waals surface area contributed by atoms with Crippen LogP contribution >= 0.6 is 11.9 Å². The summed E-state index contributed by atoms with van der Waals surface area (Å²) in [5, 5.41) is 0. The van der Waals surface area contributed by atoms with Crippen LogP contribution in [0.15, 0.2) is 0 Å². The molecule has 0 aromatic carbocycles. The van der Waals surface area contributed by atoms with Crippen LogP contribution in [0, 0.1) is 11.3 Å². The zero-order chi connectivity index (χ0) is 13.3. The number of rotatable bonds is 6. The van der Waals surface area contributed by atoms with Crippen LogP contribution in [0.2, 0.25) is 0 Å². The lowest BCUT2D eigenvalue weighted by Gasteiger charge is -2.43. The van der Waals surface area contributed by atoms with Crippen molar-refractivity contribution in [3.8, 4) is 0 Å². The van der Waals surface area contributed by atoms with E-state index >= 15 is 0 Å². The first-order chi connectivity index (χ1) is 9.23. The van der Waals surface area contributed by atoms with E-state index in [2.05, 4.69) is 27.3 Å². The second-order valence-electron chi connectivity index (χ2n) is 6.83. The first-order valence-electron chi connectivity index (χ1n) is 7.97. The summed E-state index contributed by atoms with van der Waals surface area (Å²) in [7, 11) is 0. The van der Waals surface area contributed by atoms with Crippen LogP contribution in [0.5, 0.6) is 0 Å². The Kier molecular flexibility index (Phi) is 4.42. The van der Waals surface area contributed by atoms with Gasteiger partial charge in [-0.25, -0.2) is 0 Å². The smallest absolute Gasteiger partial charge is 0.0143 e. The molecule has 3 fully saturated rings. The highest BCUT2D eigenvalue weighted by atomic mass is 32.2. The number of nitrogens with zero attached hydrogens (tertiary/aromatic N) is 3. The number of piperazine rings is 1. The third-order valence-electron chi connectivity index (χ3n) is 5.43. The van der Waals surface area contributed by atoms with E-state index < -0.39 is 0 Å². The summed E-state index contributed by atoms with van der Waals surface area (Å²) >= 11 is 1.90. The maximum Gasteiger partial charge on any atom is 0.0143 e. The zero-order valence-corrected chi connectivity index (χ0v) is 13.4. The highest BCUT2D eigenvalue weighted by molar-refractivity contribution is 7.96. The Labute approximate surface area is 122 Å². The minimum atomic E-state index is 0.731. The fourth-order valence-electron chi connectivity index (χ4n) is 3.56. The Morgan fingerprint density at radius 2 is 1.68 bits per heavy atom. The molecule has 3 rings (SSSR count). The molecule has 2 heterocycles. The topological polar surface area (TPSA) is 9.72 Å². The molecule has 4 heteroatoms. The standard InChI is InChI=1S/C15H29N3S/c1-3-15(4-5-15)13-17-8-6-16(7-9-17)10-14-11-18(12-14)19-2/h14H,3-13H2,1-2H3. The molecular formula is C15H29N3S. The average molecular weight is 283 g/mol. The van der Waals surface area contributed by atoms with Crippen LogP contribution < -0.4 is 0 Å². The first-order valence-corrected chi connectivity index (χ1v) is 9.15. The summed E-state index contributed by atoms with van der Waals surface area (Å²) in [5.74, 6) is 0.935. The molecule has 0 aromatic rings. The van der Waals surface area contributed by atoms with Crippen molar-refractivity contribution in [3.63, 3.8) is 0 Å². The third-order valence-corrected chi connectivity index (χ3v) is 6.24. The van der Waals surface area contributed by atoms with Crippen molar-refractivity contribution in [2.75, 3.05) is 58.6 Å². The van der Waals surface area contributed by atoms with Crippen LogP contribution in [0.4, 0.5) is 0 Å². The first kappa shape index (κ1) is 14.2. The number of hydrogen-bond acceptors (Lipinski definition) is 4. The molecule has 1 saturated carbocycles. The molecule has 19 heavy (non-hydrogen) atoms. The normalized spacial score (nSPS) is 29.4. The molecule has 0 aromatic heterocycles. The van der Waals surface area contributed by atoms with Crippen molar-refractivity contribution in [2.45, 2.75) is 26.2 Å². The van der Waals surface area contributed by atoms with Gasteiger partial charge in [0.15, 0.2) is 0 Å². The van der Waals surface area contributed by atoms with Crippen molar-refractivity contribution >= 4 is 11.9 Å². The lowest BCUT2D eigenvalue weighted by Crippen LogP contribution is -2.53. The molecule has 0 bridgehead atoms. The third kappa shape index (κ3) is 3.46. The maximum atomic E-state index is 2.72. The van der Waals surface area contributed by atoms with E-state index in [1.807, 2.05) is 11.9 Å².